The van der Waals surface area contributed by atoms with E-state index in [-0.39, 0.29) is 16.7 Å². The maximum Gasteiger partial charge on any atom is 0.319 e. The molecule has 0 bridgehead atoms. The molecule has 7 heteroatoms. The predicted octanol–water partition coefficient (Wildman–Crippen LogP) is 3.99. The van der Waals surface area contributed by atoms with Gasteiger partial charge in [-0.05, 0) is 66.4 Å². The van der Waals surface area contributed by atoms with Gasteiger partial charge >= 0.3 is 6.03 Å². The minimum Gasteiger partial charge on any atom is -0.334 e. The van der Waals surface area contributed by atoms with Crippen LogP contribution in [0.15, 0.2) is 71.9 Å². The topological polar surface area (TPSA) is 88.2 Å². The van der Waals surface area contributed by atoms with Gasteiger partial charge in [-0.3, -0.25) is 4.98 Å². The fourth-order valence-corrected chi connectivity index (χ4v) is 4.51. The number of amides is 2. The number of anilines is 1. The van der Waals surface area contributed by atoms with Gasteiger partial charge in [0, 0.05) is 24.6 Å². The molecule has 2 N–H and O–H groups in total. The molecule has 3 rings (SSSR count). The second kappa shape index (κ2) is 8.87. The van der Waals surface area contributed by atoms with E-state index in [0.717, 1.165) is 22.3 Å². The molecule has 0 aliphatic carbocycles. The summed E-state index contributed by atoms with van der Waals surface area (Å²) in [6.07, 6.45) is 3.34. The van der Waals surface area contributed by atoms with Crippen molar-refractivity contribution in [3.63, 3.8) is 0 Å². The van der Waals surface area contributed by atoms with Gasteiger partial charge < -0.3 is 10.6 Å². The lowest BCUT2D eigenvalue weighted by molar-refractivity contribution is 0.251. The first-order valence-electron chi connectivity index (χ1n) is 9.17. The van der Waals surface area contributed by atoms with Gasteiger partial charge in [0.15, 0.2) is 9.84 Å². The zero-order chi connectivity index (χ0) is 20.9. The average Bonchev–Trinajstić information content (AvgIpc) is 2.71. The molecule has 0 saturated heterocycles. The van der Waals surface area contributed by atoms with Gasteiger partial charge in [0.2, 0.25) is 0 Å². The number of carbonyl (C=O) groups excluding carboxylic acids is 1. The summed E-state index contributed by atoms with van der Waals surface area (Å²) in [6, 6.07) is 15.2. The molecule has 3 aromatic rings. The van der Waals surface area contributed by atoms with Gasteiger partial charge in [-0.15, -0.1) is 0 Å². The molecule has 0 radical (unpaired) electrons. The average molecular weight is 410 g/mol. The Bertz CT molecular complexity index is 1080. The van der Waals surface area contributed by atoms with Crippen molar-refractivity contribution in [2.75, 3.05) is 5.32 Å². The standard InChI is InChI=1S/C22H23N3O3S/c1-16-5-3-6-17(2)21(16)15-29(27,28)20-10-8-19(9-11-20)25-22(26)24-14-18-7-4-12-23-13-18/h3-13H,14-15H2,1-2H3,(H2,24,25,26). The lowest BCUT2D eigenvalue weighted by Crippen LogP contribution is -2.28. The Kier molecular flexibility index (Phi) is 6.29. The molecule has 1 aromatic heterocycles. The normalized spacial score (nSPS) is 11.1. The molecule has 0 spiro atoms. The SMILES string of the molecule is Cc1cccc(C)c1CS(=O)(=O)c1ccc(NC(=O)NCc2cccnc2)cc1. The minimum atomic E-state index is -3.49. The fourth-order valence-electron chi connectivity index (χ4n) is 2.96. The van der Waals surface area contributed by atoms with E-state index in [1.807, 2.05) is 38.1 Å². The summed E-state index contributed by atoms with van der Waals surface area (Å²) < 4.78 is 25.6. The number of aryl methyl sites for hydroxylation is 2. The van der Waals surface area contributed by atoms with E-state index in [0.29, 0.717) is 12.2 Å². The summed E-state index contributed by atoms with van der Waals surface area (Å²) in [5.41, 5.74) is 4.13. The van der Waals surface area contributed by atoms with Crippen LogP contribution in [0.3, 0.4) is 0 Å². The number of rotatable bonds is 6. The summed E-state index contributed by atoms with van der Waals surface area (Å²) in [4.78, 5) is 16.2. The zero-order valence-electron chi connectivity index (χ0n) is 16.3. The van der Waals surface area contributed by atoms with Crippen molar-refractivity contribution in [1.29, 1.82) is 0 Å². The fraction of sp³-hybridized carbons (Fsp3) is 0.182. The van der Waals surface area contributed by atoms with Gasteiger partial charge in [0.25, 0.3) is 0 Å². The van der Waals surface area contributed by atoms with Crippen LogP contribution in [-0.2, 0) is 22.1 Å². The molecule has 29 heavy (non-hydrogen) atoms. The maximum absolute atomic E-state index is 12.8. The van der Waals surface area contributed by atoms with Crippen molar-refractivity contribution in [1.82, 2.24) is 10.3 Å². The molecule has 0 aliphatic heterocycles. The Hall–Kier alpha value is -3.19. The number of hydrogen-bond acceptors (Lipinski definition) is 4. The third-order valence-corrected chi connectivity index (χ3v) is 6.29. The first kappa shape index (κ1) is 20.5. The molecular weight excluding hydrogens is 386 g/mol. The first-order chi connectivity index (χ1) is 13.8. The molecule has 2 amide bonds. The van der Waals surface area contributed by atoms with Crippen LogP contribution in [0, 0.1) is 13.8 Å². The third-order valence-electron chi connectivity index (χ3n) is 4.63. The third kappa shape index (κ3) is 5.42. The second-order valence-corrected chi connectivity index (χ2v) is 8.81. The Balaban J connectivity index is 1.64. The van der Waals surface area contributed by atoms with Crippen molar-refractivity contribution in [2.45, 2.75) is 31.0 Å². The predicted molar refractivity (Wildman–Crippen MR) is 113 cm³/mol. The highest BCUT2D eigenvalue weighted by atomic mass is 32.2. The second-order valence-electron chi connectivity index (χ2n) is 6.82. The number of carbonyl (C=O) groups is 1. The van der Waals surface area contributed by atoms with Crippen LogP contribution in [-0.4, -0.2) is 19.4 Å². The van der Waals surface area contributed by atoms with Crippen LogP contribution in [0.4, 0.5) is 10.5 Å². The number of benzene rings is 2. The van der Waals surface area contributed by atoms with Gasteiger partial charge in [0.1, 0.15) is 0 Å². The lowest BCUT2D eigenvalue weighted by Gasteiger charge is -2.11. The quantitative estimate of drug-likeness (QED) is 0.644. The number of pyridine rings is 1. The summed E-state index contributed by atoms with van der Waals surface area (Å²) >= 11 is 0. The summed E-state index contributed by atoms with van der Waals surface area (Å²) in [6.45, 7) is 4.17. The molecular formula is C22H23N3O3S. The Labute approximate surface area is 170 Å². The van der Waals surface area contributed by atoms with Gasteiger partial charge in [-0.25, -0.2) is 13.2 Å². The summed E-state index contributed by atoms with van der Waals surface area (Å²) in [7, 11) is -3.49. The highest BCUT2D eigenvalue weighted by Gasteiger charge is 2.18. The zero-order valence-corrected chi connectivity index (χ0v) is 17.2. The number of nitrogens with zero attached hydrogens (tertiary/aromatic N) is 1. The van der Waals surface area contributed by atoms with E-state index < -0.39 is 9.84 Å². The molecule has 0 aliphatic rings. The monoisotopic (exact) mass is 409 g/mol. The minimum absolute atomic E-state index is 0.0517. The number of aromatic nitrogens is 1. The van der Waals surface area contributed by atoms with E-state index in [4.69, 9.17) is 0 Å². The Morgan fingerprint density at radius 3 is 2.28 bits per heavy atom. The molecule has 6 nitrogen and oxygen atoms in total. The Morgan fingerprint density at radius 2 is 1.66 bits per heavy atom. The van der Waals surface area contributed by atoms with E-state index in [9.17, 15) is 13.2 Å². The van der Waals surface area contributed by atoms with Gasteiger partial charge in [-0.2, -0.15) is 0 Å². The van der Waals surface area contributed by atoms with E-state index in [1.54, 1.807) is 30.6 Å². The number of urea groups is 1. The molecule has 1 heterocycles. The van der Waals surface area contributed by atoms with Crippen molar-refractivity contribution in [2.24, 2.45) is 0 Å². The smallest absolute Gasteiger partial charge is 0.319 e. The van der Waals surface area contributed by atoms with E-state index in [1.165, 1.54) is 12.1 Å². The number of sulfone groups is 1. The van der Waals surface area contributed by atoms with Crippen LogP contribution in [0.1, 0.15) is 22.3 Å². The molecule has 0 fully saturated rings. The number of hydrogen-bond donors (Lipinski definition) is 2. The van der Waals surface area contributed by atoms with Crippen molar-refractivity contribution < 1.29 is 13.2 Å². The van der Waals surface area contributed by atoms with Crippen molar-refractivity contribution in [3.8, 4) is 0 Å². The molecule has 150 valence electrons. The summed E-state index contributed by atoms with van der Waals surface area (Å²) in [5.74, 6) is -0.0517. The van der Waals surface area contributed by atoms with Gasteiger partial charge in [-0.1, -0.05) is 24.3 Å². The highest BCUT2D eigenvalue weighted by molar-refractivity contribution is 7.90. The van der Waals surface area contributed by atoms with Crippen LogP contribution < -0.4 is 10.6 Å². The lowest BCUT2D eigenvalue weighted by atomic mass is 10.1. The molecule has 0 unspecified atom stereocenters. The first-order valence-corrected chi connectivity index (χ1v) is 10.8. The van der Waals surface area contributed by atoms with Crippen LogP contribution in [0.25, 0.3) is 0 Å². The van der Waals surface area contributed by atoms with Crippen molar-refractivity contribution >= 4 is 21.6 Å². The molecule has 0 atom stereocenters. The van der Waals surface area contributed by atoms with Crippen molar-refractivity contribution in [3.05, 3.63) is 89.2 Å². The van der Waals surface area contributed by atoms with Crippen LogP contribution in [0.5, 0.6) is 0 Å². The Morgan fingerprint density at radius 1 is 0.966 bits per heavy atom. The van der Waals surface area contributed by atoms with Crippen LogP contribution >= 0.6 is 0 Å². The summed E-state index contributed by atoms with van der Waals surface area (Å²) in [5, 5.41) is 5.42. The van der Waals surface area contributed by atoms with E-state index in [2.05, 4.69) is 15.6 Å². The van der Waals surface area contributed by atoms with Gasteiger partial charge in [0.05, 0.1) is 10.6 Å². The number of nitrogens with one attached hydrogen (secondary N) is 2. The largest absolute Gasteiger partial charge is 0.334 e. The van der Waals surface area contributed by atoms with E-state index >= 15 is 0 Å². The highest BCUT2D eigenvalue weighted by Crippen LogP contribution is 2.22. The molecule has 2 aromatic carbocycles. The maximum atomic E-state index is 12.8. The van der Waals surface area contributed by atoms with Crippen LogP contribution in [0.2, 0.25) is 0 Å². The molecule has 0 saturated carbocycles.